The van der Waals surface area contributed by atoms with Crippen molar-refractivity contribution in [2.45, 2.75) is 69.2 Å². The number of aromatic hydroxyl groups is 1. The number of amides is 2. The summed E-state index contributed by atoms with van der Waals surface area (Å²) in [5.74, 6) is 0.414. The van der Waals surface area contributed by atoms with Crippen molar-refractivity contribution in [1.82, 2.24) is 20.0 Å². The maximum Gasteiger partial charge on any atom is 0.294 e. The first kappa shape index (κ1) is 40.4. The Morgan fingerprint density at radius 2 is 1.74 bits per heavy atom. The molecule has 4 N–H and O–H groups in total. The Labute approximate surface area is 317 Å². The van der Waals surface area contributed by atoms with E-state index in [-0.39, 0.29) is 29.1 Å². The summed E-state index contributed by atoms with van der Waals surface area (Å²) in [6.07, 6.45) is 11.4. The Hall–Kier alpha value is -4.76. The Bertz CT molecular complexity index is 1940. The number of carbonyl (C=O) groups is 2. The molecule has 14 heteroatoms. The number of aromatic nitrogens is 2. The highest BCUT2D eigenvalue weighted by Gasteiger charge is 2.25. The third-order valence-corrected chi connectivity index (χ3v) is 10.4. The second-order valence-corrected chi connectivity index (χ2v) is 15.1. The lowest BCUT2D eigenvalue weighted by Crippen LogP contribution is -2.45. The number of hydrogen-bond donors (Lipinski definition) is 4. The van der Waals surface area contributed by atoms with Gasteiger partial charge < -0.3 is 30.1 Å². The molecule has 290 valence electrons. The SMILES string of the molecule is Cc1ccc(S(=O)(=O)O)cc1.Cn1cc(-c2ccc(CCOCCC(=O)N(CCNCCc3ccc(O)c4c3OCC(=O)N4)C3CCCCC3)cc2)cn1. The van der Waals surface area contributed by atoms with Gasteiger partial charge in [-0.15, -0.1) is 0 Å². The predicted octanol–water partition coefficient (Wildman–Crippen LogP) is 5.31. The number of aryl methyl sites for hydroxylation is 2. The number of phenolic OH excluding ortho intramolecular Hbond substituents is 1. The zero-order valence-electron chi connectivity index (χ0n) is 31.0. The van der Waals surface area contributed by atoms with Gasteiger partial charge in [-0.2, -0.15) is 13.5 Å². The number of phenols is 1. The van der Waals surface area contributed by atoms with Crippen LogP contribution in [-0.4, -0.2) is 90.1 Å². The number of rotatable bonds is 15. The second-order valence-electron chi connectivity index (χ2n) is 13.7. The number of ether oxygens (including phenoxy) is 2. The maximum atomic E-state index is 13.3. The molecule has 0 radical (unpaired) electrons. The van der Waals surface area contributed by atoms with Crippen molar-refractivity contribution in [3.05, 3.63) is 89.7 Å². The smallest absolute Gasteiger partial charge is 0.294 e. The van der Waals surface area contributed by atoms with E-state index in [1.165, 1.54) is 37.0 Å². The van der Waals surface area contributed by atoms with E-state index in [9.17, 15) is 23.1 Å². The van der Waals surface area contributed by atoms with E-state index in [1.54, 1.807) is 22.9 Å². The summed E-state index contributed by atoms with van der Waals surface area (Å²) in [6, 6.07) is 18.1. The van der Waals surface area contributed by atoms with Crippen LogP contribution in [0.3, 0.4) is 0 Å². The average Bonchev–Trinajstić information content (AvgIpc) is 3.60. The molecule has 3 aromatic carbocycles. The number of benzene rings is 3. The van der Waals surface area contributed by atoms with E-state index in [0.717, 1.165) is 41.5 Å². The number of carbonyl (C=O) groups excluding carboxylic acids is 2. The number of anilines is 1. The van der Waals surface area contributed by atoms with Crippen LogP contribution < -0.4 is 15.4 Å². The Kier molecular flexibility index (Phi) is 14.6. The van der Waals surface area contributed by atoms with E-state index in [4.69, 9.17) is 14.0 Å². The zero-order chi connectivity index (χ0) is 38.5. The minimum Gasteiger partial charge on any atom is -0.506 e. The van der Waals surface area contributed by atoms with Crippen molar-refractivity contribution >= 4 is 27.6 Å². The Balaban J connectivity index is 0.000000438. The number of nitrogens with one attached hydrogen (secondary N) is 2. The molecule has 1 fully saturated rings. The number of hydrogen-bond acceptors (Lipinski definition) is 9. The average molecular weight is 762 g/mol. The molecule has 6 rings (SSSR count). The summed E-state index contributed by atoms with van der Waals surface area (Å²) in [5.41, 5.74) is 5.66. The zero-order valence-corrected chi connectivity index (χ0v) is 31.8. The predicted molar refractivity (Wildman–Crippen MR) is 206 cm³/mol. The van der Waals surface area contributed by atoms with Crippen molar-refractivity contribution in [3.63, 3.8) is 0 Å². The van der Waals surface area contributed by atoms with E-state index in [2.05, 4.69) is 44.9 Å². The van der Waals surface area contributed by atoms with Crippen LogP contribution in [0.4, 0.5) is 5.69 Å². The van der Waals surface area contributed by atoms with Gasteiger partial charge in [0.1, 0.15) is 11.4 Å². The van der Waals surface area contributed by atoms with Gasteiger partial charge >= 0.3 is 0 Å². The van der Waals surface area contributed by atoms with Crippen LogP contribution in [0.15, 0.2) is 78.0 Å². The summed E-state index contributed by atoms with van der Waals surface area (Å²) in [6.45, 7) is 4.83. The molecule has 0 unspecified atom stereocenters. The van der Waals surface area contributed by atoms with Gasteiger partial charge in [-0.1, -0.05) is 67.3 Å². The minimum atomic E-state index is -4.02. The summed E-state index contributed by atoms with van der Waals surface area (Å²) < 4.78 is 42.8. The van der Waals surface area contributed by atoms with Gasteiger partial charge in [0.15, 0.2) is 12.4 Å². The highest BCUT2D eigenvalue weighted by Crippen LogP contribution is 2.39. The van der Waals surface area contributed by atoms with E-state index >= 15 is 0 Å². The molecule has 2 amide bonds. The molecule has 4 aromatic rings. The maximum absolute atomic E-state index is 13.3. The molecule has 1 aliphatic carbocycles. The Morgan fingerprint density at radius 1 is 1.00 bits per heavy atom. The molecule has 0 atom stereocenters. The van der Waals surface area contributed by atoms with Crippen LogP contribution in [0.2, 0.25) is 0 Å². The fraction of sp³-hybridized carbons (Fsp3) is 0.425. The molecule has 0 spiro atoms. The highest BCUT2D eigenvalue weighted by molar-refractivity contribution is 7.85. The largest absolute Gasteiger partial charge is 0.506 e. The molecular formula is C40H51N5O8S. The summed E-state index contributed by atoms with van der Waals surface area (Å²) in [5, 5.41) is 20.5. The lowest BCUT2D eigenvalue weighted by atomic mass is 9.94. The fourth-order valence-corrected chi connectivity index (χ4v) is 7.08. The van der Waals surface area contributed by atoms with E-state index in [0.29, 0.717) is 63.2 Å². The van der Waals surface area contributed by atoms with Crippen molar-refractivity contribution in [3.8, 4) is 22.6 Å². The molecule has 0 saturated heterocycles. The molecule has 1 saturated carbocycles. The van der Waals surface area contributed by atoms with Crippen LogP contribution in [0, 0.1) is 6.92 Å². The number of nitrogens with zero attached hydrogens (tertiary/aromatic N) is 3. The van der Waals surface area contributed by atoms with Gasteiger partial charge in [-0.05, 0) is 74.0 Å². The van der Waals surface area contributed by atoms with Crippen LogP contribution >= 0.6 is 0 Å². The third-order valence-electron chi connectivity index (χ3n) is 9.57. The van der Waals surface area contributed by atoms with Gasteiger partial charge in [-0.25, -0.2) is 0 Å². The Morgan fingerprint density at radius 3 is 2.43 bits per heavy atom. The van der Waals surface area contributed by atoms with E-state index < -0.39 is 10.1 Å². The van der Waals surface area contributed by atoms with Gasteiger partial charge in [0, 0.05) is 37.9 Å². The lowest BCUT2D eigenvalue weighted by molar-refractivity contribution is -0.135. The molecular weight excluding hydrogens is 711 g/mol. The van der Waals surface area contributed by atoms with Crippen LogP contribution in [0.25, 0.3) is 11.1 Å². The van der Waals surface area contributed by atoms with Gasteiger partial charge in [0.25, 0.3) is 16.0 Å². The van der Waals surface area contributed by atoms with Gasteiger partial charge in [0.2, 0.25) is 5.91 Å². The molecule has 1 aliphatic heterocycles. The molecule has 2 aliphatic rings. The van der Waals surface area contributed by atoms with Gasteiger partial charge in [0.05, 0.1) is 30.7 Å². The normalized spacial score (nSPS) is 14.3. The van der Waals surface area contributed by atoms with Gasteiger partial charge in [-0.3, -0.25) is 18.8 Å². The minimum absolute atomic E-state index is 0.000764. The molecule has 1 aromatic heterocycles. The quantitative estimate of drug-likeness (QED) is 0.0707. The van der Waals surface area contributed by atoms with Crippen molar-refractivity contribution < 1.29 is 37.1 Å². The lowest BCUT2D eigenvalue weighted by Gasteiger charge is -2.34. The molecule has 13 nitrogen and oxygen atoms in total. The van der Waals surface area contributed by atoms with Crippen molar-refractivity contribution in [1.29, 1.82) is 0 Å². The van der Waals surface area contributed by atoms with Crippen LogP contribution in [0.1, 0.15) is 55.2 Å². The molecule has 0 bridgehead atoms. The topological polar surface area (TPSA) is 172 Å². The standard InChI is InChI=1S/C33H43N5O5.C7H8O3S/c1-37-22-27(21-35-37)25-9-7-24(8-10-25)14-19-42-20-15-31(41)38(28-5-3-2-4-6-28)18-17-34-16-13-26-11-12-29(39)32-33(26)43-23-30(40)36-32;1-6-2-4-7(5-3-6)11(8,9)10/h7-12,21-22,28,34,39H,2-6,13-20,23H2,1H3,(H,36,40);2-5H,1H3,(H,8,9,10). The van der Waals surface area contributed by atoms with E-state index in [1.807, 2.05) is 32.4 Å². The third kappa shape index (κ3) is 11.9. The fourth-order valence-electron chi connectivity index (χ4n) is 6.60. The summed E-state index contributed by atoms with van der Waals surface area (Å²) >= 11 is 0. The van der Waals surface area contributed by atoms with Crippen LogP contribution in [0.5, 0.6) is 11.5 Å². The monoisotopic (exact) mass is 761 g/mol. The highest BCUT2D eigenvalue weighted by atomic mass is 32.2. The second kappa shape index (κ2) is 19.5. The van der Waals surface area contributed by atoms with Crippen LogP contribution in [-0.2, 0) is 44.3 Å². The first-order valence-electron chi connectivity index (χ1n) is 18.5. The number of fused-ring (bicyclic) bond motifs is 1. The van der Waals surface area contributed by atoms with Crippen molar-refractivity contribution in [2.24, 2.45) is 7.05 Å². The molecule has 2 heterocycles. The molecule has 54 heavy (non-hydrogen) atoms. The first-order chi connectivity index (χ1) is 26.0. The summed E-state index contributed by atoms with van der Waals surface area (Å²) in [4.78, 5) is 26.9. The summed E-state index contributed by atoms with van der Waals surface area (Å²) in [7, 11) is -2.10. The first-order valence-corrected chi connectivity index (χ1v) is 19.9. The van der Waals surface area contributed by atoms with Crippen molar-refractivity contribution in [2.75, 3.05) is 44.8 Å².